The van der Waals surface area contributed by atoms with Crippen molar-refractivity contribution >= 4 is 19.3 Å². The van der Waals surface area contributed by atoms with E-state index in [1.165, 1.54) is 21.3 Å². The summed E-state index contributed by atoms with van der Waals surface area (Å²) < 4.78 is 24.7. The second-order valence-corrected chi connectivity index (χ2v) is 6.24. The Bertz CT molecular complexity index is 329. The van der Waals surface area contributed by atoms with Gasteiger partial charge in [-0.1, -0.05) is 13.5 Å². The van der Waals surface area contributed by atoms with Crippen LogP contribution in [0.4, 0.5) is 0 Å². The molecular formula is C11H21O7P. The van der Waals surface area contributed by atoms with Crippen molar-refractivity contribution < 1.29 is 33.3 Å². The van der Waals surface area contributed by atoms with Crippen LogP contribution in [0.2, 0.25) is 0 Å². The average molecular weight is 296 g/mol. The third kappa shape index (κ3) is 9.41. The van der Waals surface area contributed by atoms with E-state index in [-0.39, 0.29) is 18.3 Å². The van der Waals surface area contributed by atoms with Crippen LogP contribution in [-0.4, -0.2) is 57.3 Å². The van der Waals surface area contributed by atoms with Gasteiger partial charge in [-0.3, -0.25) is 9.36 Å². The summed E-state index contributed by atoms with van der Waals surface area (Å²) in [5.41, 5.74) is 0.0764. The molecule has 0 aromatic carbocycles. The third-order valence-corrected chi connectivity index (χ3v) is 4.45. The highest BCUT2D eigenvalue weighted by Crippen LogP contribution is 2.44. The average Bonchev–Trinajstić information content (AvgIpc) is 2.45. The quantitative estimate of drug-likeness (QED) is 0.440. The van der Waals surface area contributed by atoms with E-state index in [1.807, 2.05) is 0 Å². The van der Waals surface area contributed by atoms with Gasteiger partial charge >= 0.3 is 11.9 Å². The highest BCUT2D eigenvalue weighted by Gasteiger charge is 2.23. The van der Waals surface area contributed by atoms with Crippen LogP contribution in [0.5, 0.6) is 0 Å². The van der Waals surface area contributed by atoms with Gasteiger partial charge in [0.2, 0.25) is 7.37 Å². The molecule has 1 unspecified atom stereocenters. The van der Waals surface area contributed by atoms with Gasteiger partial charge in [-0.25, -0.2) is 4.79 Å². The number of aliphatic hydroxyl groups is 1. The Labute approximate surface area is 113 Å². The maximum absolute atomic E-state index is 11.4. The van der Waals surface area contributed by atoms with Crippen molar-refractivity contribution in [1.29, 1.82) is 0 Å². The summed E-state index contributed by atoms with van der Waals surface area (Å²) in [4.78, 5) is 20.9. The van der Waals surface area contributed by atoms with Gasteiger partial charge in [0.1, 0.15) is 6.16 Å². The molecule has 0 saturated carbocycles. The van der Waals surface area contributed by atoms with Crippen molar-refractivity contribution in [2.45, 2.75) is 6.92 Å². The molecule has 7 nitrogen and oxygen atoms in total. The van der Waals surface area contributed by atoms with Gasteiger partial charge in [-0.05, 0) is 0 Å². The van der Waals surface area contributed by atoms with Crippen LogP contribution in [0.15, 0.2) is 12.2 Å². The van der Waals surface area contributed by atoms with Crippen LogP contribution in [0.3, 0.4) is 0 Å². The molecular weight excluding hydrogens is 275 g/mol. The second kappa shape index (κ2) is 10.7. The smallest absolute Gasteiger partial charge is 0.335 e. The Morgan fingerprint density at radius 1 is 1.21 bits per heavy atom. The predicted molar refractivity (Wildman–Crippen MR) is 70.3 cm³/mol. The van der Waals surface area contributed by atoms with E-state index in [2.05, 4.69) is 16.1 Å². The van der Waals surface area contributed by atoms with Crippen LogP contribution in [0, 0.1) is 0 Å². The maximum atomic E-state index is 11.4. The number of methoxy groups -OCH3 is 2. The van der Waals surface area contributed by atoms with Gasteiger partial charge in [-0.2, -0.15) is 0 Å². The number of ether oxygens (including phenoxy) is 2. The molecule has 0 heterocycles. The summed E-state index contributed by atoms with van der Waals surface area (Å²) in [6.07, 6.45) is 0.231. The molecule has 1 atom stereocenters. The van der Waals surface area contributed by atoms with Crippen molar-refractivity contribution in [2.75, 3.05) is 40.3 Å². The lowest BCUT2D eigenvalue weighted by Gasteiger charge is -2.11. The Morgan fingerprint density at radius 2 is 1.74 bits per heavy atom. The van der Waals surface area contributed by atoms with Gasteiger partial charge in [-0.15, -0.1) is 0 Å². The Balaban J connectivity index is 0. The van der Waals surface area contributed by atoms with E-state index >= 15 is 0 Å². The van der Waals surface area contributed by atoms with Crippen LogP contribution >= 0.6 is 7.37 Å². The van der Waals surface area contributed by atoms with E-state index in [4.69, 9.17) is 9.63 Å². The molecule has 1 N–H and O–H groups in total. The van der Waals surface area contributed by atoms with Gasteiger partial charge in [0, 0.05) is 13.3 Å². The Kier molecular flexibility index (Phi) is 11.4. The molecule has 0 aliphatic heterocycles. The van der Waals surface area contributed by atoms with Gasteiger partial charge in [0.15, 0.2) is 0 Å². The Hall–Kier alpha value is -1.17. The normalized spacial score (nSPS) is 12.5. The highest BCUT2D eigenvalue weighted by atomic mass is 31.2. The maximum Gasteiger partial charge on any atom is 0.335 e. The molecule has 0 aromatic heterocycles. The summed E-state index contributed by atoms with van der Waals surface area (Å²) >= 11 is 0. The zero-order valence-electron chi connectivity index (χ0n) is 11.7. The lowest BCUT2D eigenvalue weighted by molar-refractivity contribution is -0.138. The summed E-state index contributed by atoms with van der Waals surface area (Å²) in [6, 6.07) is 0. The topological polar surface area (TPSA) is 99.1 Å². The Morgan fingerprint density at radius 3 is 1.95 bits per heavy atom. The number of rotatable bonds is 6. The molecule has 0 amide bonds. The number of esters is 2. The second-order valence-electron chi connectivity index (χ2n) is 3.30. The predicted octanol–water partition coefficient (Wildman–Crippen LogP) is 0.812. The van der Waals surface area contributed by atoms with E-state index in [0.29, 0.717) is 6.16 Å². The SMILES string of the molecule is C=C(CO)C(=O)OC.CCP(=O)(CC(=O)OC)OC. The van der Waals surface area contributed by atoms with Crippen molar-refractivity contribution in [2.24, 2.45) is 0 Å². The minimum Gasteiger partial charge on any atom is -0.469 e. The first-order valence-electron chi connectivity index (χ1n) is 5.37. The molecule has 0 saturated heterocycles. The van der Waals surface area contributed by atoms with E-state index < -0.39 is 19.3 Å². The molecule has 0 rings (SSSR count). The van der Waals surface area contributed by atoms with Gasteiger partial charge < -0.3 is 19.1 Å². The molecule has 0 aromatic rings. The first-order chi connectivity index (χ1) is 8.79. The van der Waals surface area contributed by atoms with Crippen LogP contribution in [-0.2, 0) is 28.2 Å². The lowest BCUT2D eigenvalue weighted by Crippen LogP contribution is -2.09. The minimum atomic E-state index is -2.73. The fourth-order valence-corrected chi connectivity index (χ4v) is 1.91. The molecule has 19 heavy (non-hydrogen) atoms. The minimum absolute atomic E-state index is 0.0764. The first-order valence-corrected chi connectivity index (χ1v) is 7.37. The van der Waals surface area contributed by atoms with E-state index in [0.717, 1.165) is 0 Å². The van der Waals surface area contributed by atoms with E-state index in [1.54, 1.807) is 6.92 Å². The summed E-state index contributed by atoms with van der Waals surface area (Å²) in [5, 5.41) is 8.24. The van der Waals surface area contributed by atoms with E-state index in [9.17, 15) is 14.2 Å². The highest BCUT2D eigenvalue weighted by molar-refractivity contribution is 7.59. The van der Waals surface area contributed by atoms with Gasteiger partial charge in [0.25, 0.3) is 0 Å². The fourth-order valence-electron chi connectivity index (χ4n) is 0.776. The first kappa shape index (κ1) is 20.2. The zero-order valence-corrected chi connectivity index (χ0v) is 12.6. The molecule has 0 spiro atoms. The lowest BCUT2D eigenvalue weighted by atomic mass is 10.3. The van der Waals surface area contributed by atoms with Crippen molar-refractivity contribution in [1.82, 2.24) is 0 Å². The number of carbonyl (C=O) groups excluding carboxylic acids is 2. The van der Waals surface area contributed by atoms with Crippen LogP contribution < -0.4 is 0 Å². The molecule has 0 fully saturated rings. The molecule has 0 bridgehead atoms. The number of hydrogen-bond acceptors (Lipinski definition) is 7. The molecule has 112 valence electrons. The van der Waals surface area contributed by atoms with Crippen LogP contribution in [0.1, 0.15) is 6.92 Å². The van der Waals surface area contributed by atoms with Crippen molar-refractivity contribution in [3.8, 4) is 0 Å². The molecule has 8 heteroatoms. The number of aliphatic hydroxyl groups excluding tert-OH is 1. The van der Waals surface area contributed by atoms with Gasteiger partial charge in [0.05, 0.1) is 26.4 Å². The van der Waals surface area contributed by atoms with Crippen LogP contribution in [0.25, 0.3) is 0 Å². The molecule has 0 aliphatic rings. The largest absolute Gasteiger partial charge is 0.469 e. The summed E-state index contributed by atoms with van der Waals surface area (Å²) in [7, 11) is 1.11. The number of hydrogen-bond donors (Lipinski definition) is 1. The summed E-state index contributed by atoms with van der Waals surface area (Å²) in [6.45, 7) is 4.59. The fraction of sp³-hybridized carbons (Fsp3) is 0.636. The monoisotopic (exact) mass is 296 g/mol. The molecule has 0 radical (unpaired) electrons. The summed E-state index contributed by atoms with van der Waals surface area (Å²) in [5.74, 6) is -1.05. The van der Waals surface area contributed by atoms with Crippen molar-refractivity contribution in [3.05, 3.63) is 12.2 Å². The zero-order chi connectivity index (χ0) is 15.5. The number of carbonyl (C=O) groups is 2. The van der Waals surface area contributed by atoms with Crippen molar-refractivity contribution in [3.63, 3.8) is 0 Å². The molecule has 0 aliphatic carbocycles. The standard InChI is InChI=1S/C6H13O4P.C5H8O3/c1-4-11(8,10-3)5-6(7)9-2;1-4(3-6)5(7)8-2/h4-5H2,1-3H3;6H,1,3H2,2H3. The third-order valence-electron chi connectivity index (χ3n) is 2.08.